The summed E-state index contributed by atoms with van der Waals surface area (Å²) in [5, 5.41) is 0. The topological polar surface area (TPSA) is 17.1 Å². The van der Waals surface area contributed by atoms with E-state index in [2.05, 4.69) is 0 Å². The number of carbonyl (C=O) groups excluding carboxylic acids is 1. The largest absolute Gasteiger partial charge is 0.299 e. The van der Waals surface area contributed by atoms with Crippen LogP contribution >= 0.6 is 0 Å². The van der Waals surface area contributed by atoms with E-state index in [4.69, 9.17) is 0 Å². The molecule has 3 heteroatoms. The fourth-order valence-electron chi connectivity index (χ4n) is 2.62. The summed E-state index contributed by atoms with van der Waals surface area (Å²) in [6.45, 7) is 0. The summed E-state index contributed by atoms with van der Waals surface area (Å²) in [5.41, 5.74) is 0.184. The zero-order chi connectivity index (χ0) is 13.0. The van der Waals surface area contributed by atoms with E-state index < -0.39 is 11.6 Å². The number of hydrogen-bond acceptors (Lipinski definition) is 1. The molecule has 0 saturated heterocycles. The highest BCUT2D eigenvalue weighted by Gasteiger charge is 2.21. The quantitative estimate of drug-likeness (QED) is 0.742. The number of rotatable bonds is 3. The third-order valence-corrected chi connectivity index (χ3v) is 3.71. The highest BCUT2D eigenvalue weighted by molar-refractivity contribution is 5.83. The van der Waals surface area contributed by atoms with Crippen LogP contribution < -0.4 is 0 Å². The van der Waals surface area contributed by atoms with Gasteiger partial charge in [-0.1, -0.05) is 37.8 Å². The lowest BCUT2D eigenvalue weighted by Gasteiger charge is -2.13. The van der Waals surface area contributed by atoms with Crippen LogP contribution in [0.1, 0.15) is 44.1 Å². The Labute approximate surface area is 106 Å². The van der Waals surface area contributed by atoms with Gasteiger partial charge in [0.15, 0.2) is 11.6 Å². The van der Waals surface area contributed by atoms with Crippen molar-refractivity contribution < 1.29 is 13.6 Å². The molecule has 18 heavy (non-hydrogen) atoms. The molecule has 1 aromatic carbocycles. The monoisotopic (exact) mass is 252 g/mol. The predicted molar refractivity (Wildman–Crippen MR) is 66.3 cm³/mol. The maximum absolute atomic E-state index is 13.5. The van der Waals surface area contributed by atoms with Crippen LogP contribution in [0.2, 0.25) is 0 Å². The molecule has 0 amide bonds. The molecule has 1 aliphatic rings. The van der Waals surface area contributed by atoms with Crippen LogP contribution in [0, 0.1) is 17.6 Å². The Morgan fingerprint density at radius 3 is 2.44 bits per heavy atom. The van der Waals surface area contributed by atoms with Crippen molar-refractivity contribution in [3.63, 3.8) is 0 Å². The average molecular weight is 252 g/mol. The number of ketones is 1. The van der Waals surface area contributed by atoms with Crippen molar-refractivity contribution >= 4 is 5.78 Å². The summed E-state index contributed by atoms with van der Waals surface area (Å²) in [5.74, 6) is -1.66. The second-order valence-corrected chi connectivity index (χ2v) is 5.04. The molecule has 0 radical (unpaired) electrons. The van der Waals surface area contributed by atoms with Crippen LogP contribution in [0.5, 0.6) is 0 Å². The number of carbonyl (C=O) groups is 1. The molecule has 1 fully saturated rings. The molecule has 1 saturated carbocycles. The van der Waals surface area contributed by atoms with Gasteiger partial charge in [-0.25, -0.2) is 8.78 Å². The molecule has 2 rings (SSSR count). The summed E-state index contributed by atoms with van der Waals surface area (Å²) in [4.78, 5) is 12.1. The van der Waals surface area contributed by atoms with Gasteiger partial charge in [-0.2, -0.15) is 0 Å². The van der Waals surface area contributed by atoms with Crippen molar-refractivity contribution in [2.75, 3.05) is 0 Å². The lowest BCUT2D eigenvalue weighted by molar-refractivity contribution is -0.122. The van der Waals surface area contributed by atoms with E-state index in [0.29, 0.717) is 0 Å². The van der Waals surface area contributed by atoms with Crippen molar-refractivity contribution in [1.82, 2.24) is 0 Å². The minimum absolute atomic E-state index is 0.0221. The molecule has 0 N–H and O–H groups in total. The molecule has 0 heterocycles. The smallest absolute Gasteiger partial charge is 0.162 e. The first kappa shape index (κ1) is 13.2. The molecule has 0 atom stereocenters. The third kappa shape index (κ3) is 3.15. The van der Waals surface area contributed by atoms with Gasteiger partial charge in [0.2, 0.25) is 0 Å². The molecule has 0 unspecified atom stereocenters. The van der Waals surface area contributed by atoms with Crippen LogP contribution in [-0.2, 0) is 11.2 Å². The van der Waals surface area contributed by atoms with Crippen LogP contribution in [0.4, 0.5) is 8.78 Å². The van der Waals surface area contributed by atoms with Crippen LogP contribution in [-0.4, -0.2) is 5.78 Å². The van der Waals surface area contributed by atoms with Crippen molar-refractivity contribution in [3.05, 3.63) is 35.4 Å². The standard InChI is InChI=1S/C15H18F2O/c16-13-9-5-8-12(15(13)17)10-14(18)11-6-3-1-2-4-7-11/h5,8-9,11H,1-4,6-7,10H2. The van der Waals surface area contributed by atoms with Crippen molar-refractivity contribution in [2.24, 2.45) is 5.92 Å². The van der Waals surface area contributed by atoms with E-state index in [1.165, 1.54) is 25.0 Å². The summed E-state index contributed by atoms with van der Waals surface area (Å²) in [7, 11) is 0. The van der Waals surface area contributed by atoms with Gasteiger partial charge in [0, 0.05) is 12.3 Å². The second kappa shape index (κ2) is 6.07. The lowest BCUT2D eigenvalue weighted by atomic mass is 9.91. The van der Waals surface area contributed by atoms with E-state index in [1.54, 1.807) is 0 Å². The van der Waals surface area contributed by atoms with Crippen LogP contribution in [0.15, 0.2) is 18.2 Å². The Hall–Kier alpha value is -1.25. The lowest BCUT2D eigenvalue weighted by Crippen LogP contribution is -2.17. The molecule has 0 aromatic heterocycles. The van der Waals surface area contributed by atoms with Gasteiger partial charge in [-0.15, -0.1) is 0 Å². The molecular formula is C15H18F2O. The van der Waals surface area contributed by atoms with Crippen molar-refractivity contribution in [3.8, 4) is 0 Å². The highest BCUT2D eigenvalue weighted by Crippen LogP contribution is 2.25. The van der Waals surface area contributed by atoms with Gasteiger partial charge in [-0.3, -0.25) is 4.79 Å². The van der Waals surface area contributed by atoms with Crippen molar-refractivity contribution in [2.45, 2.75) is 44.9 Å². The SMILES string of the molecule is O=C(Cc1cccc(F)c1F)C1CCCCCC1. The molecule has 0 spiro atoms. The Kier molecular flexibility index (Phi) is 4.45. The maximum Gasteiger partial charge on any atom is 0.162 e. The fourth-order valence-corrected chi connectivity index (χ4v) is 2.62. The van der Waals surface area contributed by atoms with Gasteiger partial charge < -0.3 is 0 Å². The molecule has 1 aromatic rings. The van der Waals surface area contributed by atoms with E-state index in [9.17, 15) is 13.6 Å². The third-order valence-electron chi connectivity index (χ3n) is 3.71. The molecule has 98 valence electrons. The van der Waals surface area contributed by atoms with E-state index in [0.717, 1.165) is 31.7 Å². The molecule has 0 aliphatic heterocycles. The van der Waals surface area contributed by atoms with E-state index in [1.807, 2.05) is 0 Å². The second-order valence-electron chi connectivity index (χ2n) is 5.04. The van der Waals surface area contributed by atoms with Gasteiger partial charge in [0.25, 0.3) is 0 Å². The molecule has 0 bridgehead atoms. The summed E-state index contributed by atoms with van der Waals surface area (Å²) in [6, 6.07) is 4.02. The van der Waals surface area contributed by atoms with Gasteiger partial charge in [0.1, 0.15) is 5.78 Å². The Morgan fingerprint density at radius 1 is 1.11 bits per heavy atom. The fraction of sp³-hybridized carbons (Fsp3) is 0.533. The van der Waals surface area contributed by atoms with E-state index in [-0.39, 0.29) is 23.7 Å². The highest BCUT2D eigenvalue weighted by atomic mass is 19.2. The zero-order valence-corrected chi connectivity index (χ0v) is 10.4. The Morgan fingerprint density at radius 2 is 1.78 bits per heavy atom. The van der Waals surface area contributed by atoms with Gasteiger partial charge >= 0.3 is 0 Å². The zero-order valence-electron chi connectivity index (χ0n) is 10.4. The number of benzene rings is 1. The Balaban J connectivity index is 2.03. The maximum atomic E-state index is 13.5. The minimum Gasteiger partial charge on any atom is -0.299 e. The first-order valence-corrected chi connectivity index (χ1v) is 6.64. The molecular weight excluding hydrogens is 234 g/mol. The van der Waals surface area contributed by atoms with Crippen LogP contribution in [0.25, 0.3) is 0 Å². The molecule has 1 nitrogen and oxygen atoms in total. The van der Waals surface area contributed by atoms with Gasteiger partial charge in [-0.05, 0) is 24.5 Å². The van der Waals surface area contributed by atoms with Crippen molar-refractivity contribution in [1.29, 1.82) is 0 Å². The summed E-state index contributed by atoms with van der Waals surface area (Å²) in [6.07, 6.45) is 6.32. The normalized spacial score (nSPS) is 17.4. The summed E-state index contributed by atoms with van der Waals surface area (Å²) >= 11 is 0. The first-order valence-electron chi connectivity index (χ1n) is 6.64. The Bertz CT molecular complexity index is 421. The van der Waals surface area contributed by atoms with E-state index >= 15 is 0 Å². The minimum atomic E-state index is -0.875. The number of halogens is 2. The first-order chi connectivity index (χ1) is 8.68. The average Bonchev–Trinajstić information content (AvgIpc) is 2.63. The van der Waals surface area contributed by atoms with Crippen LogP contribution in [0.3, 0.4) is 0 Å². The number of Topliss-reactive ketones (excluding diaryl/α,β-unsaturated/α-hetero) is 1. The molecule has 1 aliphatic carbocycles. The number of hydrogen-bond donors (Lipinski definition) is 0. The summed E-state index contributed by atoms with van der Waals surface area (Å²) < 4.78 is 26.5. The predicted octanol–water partition coefficient (Wildman–Crippen LogP) is 4.05. The van der Waals surface area contributed by atoms with Gasteiger partial charge in [0.05, 0.1) is 0 Å².